The van der Waals surface area contributed by atoms with E-state index >= 15 is 0 Å². The van der Waals surface area contributed by atoms with E-state index in [4.69, 9.17) is 15.2 Å². The highest BCUT2D eigenvalue weighted by atomic mass is 16.5. The van der Waals surface area contributed by atoms with E-state index in [1.165, 1.54) is 12.8 Å². The molecular weight excluding hydrogens is 240 g/mol. The van der Waals surface area contributed by atoms with Crippen molar-refractivity contribution in [2.24, 2.45) is 17.1 Å². The Labute approximate surface area is 117 Å². The highest BCUT2D eigenvalue weighted by molar-refractivity contribution is 4.92. The largest absolute Gasteiger partial charge is 0.377 e. The minimum absolute atomic E-state index is 0.206. The minimum Gasteiger partial charge on any atom is -0.377 e. The van der Waals surface area contributed by atoms with Gasteiger partial charge in [0.15, 0.2) is 0 Å². The van der Waals surface area contributed by atoms with E-state index in [0.717, 1.165) is 26.1 Å². The molecule has 1 aliphatic carbocycles. The molecule has 4 nitrogen and oxygen atoms in total. The summed E-state index contributed by atoms with van der Waals surface area (Å²) in [6.07, 6.45) is 4.06. The summed E-state index contributed by atoms with van der Waals surface area (Å²) in [5.74, 6) is 0.608. The third-order valence-corrected chi connectivity index (χ3v) is 4.96. The lowest BCUT2D eigenvalue weighted by Crippen LogP contribution is -2.44. The molecule has 0 amide bonds. The lowest BCUT2D eigenvalue weighted by molar-refractivity contribution is -0.00461. The van der Waals surface area contributed by atoms with Gasteiger partial charge in [0.25, 0.3) is 0 Å². The molecular formula is C15H30N2O2. The first kappa shape index (κ1) is 15.2. The second kappa shape index (κ2) is 6.08. The van der Waals surface area contributed by atoms with Crippen LogP contribution in [0.2, 0.25) is 0 Å². The van der Waals surface area contributed by atoms with Gasteiger partial charge in [0.2, 0.25) is 0 Å². The predicted octanol–water partition coefficient (Wildman–Crippen LogP) is 1.49. The molecule has 2 aliphatic rings. The predicted molar refractivity (Wildman–Crippen MR) is 77.1 cm³/mol. The summed E-state index contributed by atoms with van der Waals surface area (Å²) in [4.78, 5) is 2.47. The molecule has 112 valence electrons. The fraction of sp³-hybridized carbons (Fsp3) is 1.00. The van der Waals surface area contributed by atoms with Gasteiger partial charge in [-0.05, 0) is 30.6 Å². The van der Waals surface area contributed by atoms with Gasteiger partial charge in [-0.1, -0.05) is 13.8 Å². The quantitative estimate of drug-likeness (QED) is 0.841. The van der Waals surface area contributed by atoms with Crippen molar-refractivity contribution in [2.45, 2.75) is 51.4 Å². The number of hydrogen-bond donors (Lipinski definition) is 1. The van der Waals surface area contributed by atoms with Crippen molar-refractivity contribution in [3.8, 4) is 0 Å². The fourth-order valence-electron chi connectivity index (χ4n) is 3.71. The van der Waals surface area contributed by atoms with Gasteiger partial charge in [0, 0.05) is 39.9 Å². The monoisotopic (exact) mass is 270 g/mol. The van der Waals surface area contributed by atoms with Crippen LogP contribution < -0.4 is 5.73 Å². The lowest BCUT2D eigenvalue weighted by atomic mass is 9.70. The zero-order chi connectivity index (χ0) is 14.0. The molecule has 4 unspecified atom stereocenters. The Balaban J connectivity index is 1.90. The van der Waals surface area contributed by atoms with Crippen LogP contribution in [0.1, 0.15) is 33.1 Å². The van der Waals surface area contributed by atoms with Gasteiger partial charge in [-0.3, -0.25) is 4.90 Å². The summed E-state index contributed by atoms with van der Waals surface area (Å²) in [5.41, 5.74) is 6.77. The first-order chi connectivity index (χ1) is 8.95. The van der Waals surface area contributed by atoms with Crippen molar-refractivity contribution in [3.05, 3.63) is 0 Å². The maximum absolute atomic E-state index is 6.32. The average Bonchev–Trinajstić information content (AvgIpc) is 2.76. The minimum atomic E-state index is 0.206. The second-order valence-corrected chi connectivity index (χ2v) is 7.10. The third-order valence-electron chi connectivity index (χ3n) is 4.96. The third kappa shape index (κ3) is 3.69. The molecule has 0 aromatic rings. The number of nitrogens with zero attached hydrogens (tertiary/aromatic N) is 1. The van der Waals surface area contributed by atoms with Crippen LogP contribution in [0.5, 0.6) is 0 Å². The number of hydrogen-bond acceptors (Lipinski definition) is 4. The molecule has 0 bridgehead atoms. The van der Waals surface area contributed by atoms with Crippen LogP contribution in [0.15, 0.2) is 0 Å². The Bertz CT molecular complexity index is 284. The Morgan fingerprint density at radius 2 is 1.74 bits per heavy atom. The maximum Gasteiger partial charge on any atom is 0.0971 e. The molecule has 2 fully saturated rings. The summed E-state index contributed by atoms with van der Waals surface area (Å²) in [6.45, 7) is 7.76. The standard InChI is InChI=1S/C15H30N2O2/c1-15(2)6-5-12(16)11(7-15)8-17-9-13(18-3)14(10-17)19-4/h11-14H,5-10,16H2,1-4H3. The van der Waals surface area contributed by atoms with Crippen molar-refractivity contribution >= 4 is 0 Å². The molecule has 1 saturated heterocycles. The van der Waals surface area contributed by atoms with Gasteiger partial charge in [-0.2, -0.15) is 0 Å². The van der Waals surface area contributed by atoms with Crippen LogP contribution in [0, 0.1) is 11.3 Å². The highest BCUT2D eigenvalue weighted by Gasteiger charge is 2.38. The summed E-state index contributed by atoms with van der Waals surface area (Å²) >= 11 is 0. The first-order valence-corrected chi connectivity index (χ1v) is 7.48. The number of likely N-dealkylation sites (tertiary alicyclic amines) is 1. The van der Waals surface area contributed by atoms with Crippen LogP contribution in [0.3, 0.4) is 0 Å². The molecule has 1 saturated carbocycles. The molecule has 2 N–H and O–H groups in total. The smallest absolute Gasteiger partial charge is 0.0971 e. The molecule has 0 radical (unpaired) electrons. The molecule has 0 aromatic carbocycles. The molecule has 4 heteroatoms. The normalized spacial score (nSPS) is 39.6. The molecule has 4 atom stereocenters. The second-order valence-electron chi connectivity index (χ2n) is 7.10. The van der Waals surface area contributed by atoms with E-state index in [1.54, 1.807) is 14.2 Å². The molecule has 1 aliphatic heterocycles. The number of methoxy groups -OCH3 is 2. The number of ether oxygens (including phenoxy) is 2. The van der Waals surface area contributed by atoms with Crippen LogP contribution in [-0.2, 0) is 9.47 Å². The fourth-order valence-corrected chi connectivity index (χ4v) is 3.71. The molecule has 2 rings (SSSR count). The Hall–Kier alpha value is -0.160. The van der Waals surface area contributed by atoms with Gasteiger partial charge in [0.1, 0.15) is 0 Å². The highest BCUT2D eigenvalue weighted by Crippen LogP contribution is 2.38. The topological polar surface area (TPSA) is 47.7 Å². The van der Waals surface area contributed by atoms with E-state index in [-0.39, 0.29) is 12.2 Å². The summed E-state index contributed by atoms with van der Waals surface area (Å²) in [6, 6.07) is 0.357. The van der Waals surface area contributed by atoms with Crippen molar-refractivity contribution in [1.29, 1.82) is 0 Å². The number of rotatable bonds is 4. The molecule has 0 aromatic heterocycles. The molecule has 19 heavy (non-hydrogen) atoms. The van der Waals surface area contributed by atoms with E-state index < -0.39 is 0 Å². The van der Waals surface area contributed by atoms with Crippen molar-refractivity contribution in [2.75, 3.05) is 33.9 Å². The summed E-state index contributed by atoms with van der Waals surface area (Å²) in [7, 11) is 3.55. The average molecular weight is 270 g/mol. The molecule has 1 heterocycles. The van der Waals surface area contributed by atoms with Gasteiger partial charge >= 0.3 is 0 Å². The van der Waals surface area contributed by atoms with Crippen LogP contribution in [-0.4, -0.2) is 57.0 Å². The zero-order valence-corrected chi connectivity index (χ0v) is 12.9. The van der Waals surface area contributed by atoms with Crippen molar-refractivity contribution in [3.63, 3.8) is 0 Å². The maximum atomic E-state index is 6.32. The van der Waals surface area contributed by atoms with Crippen LogP contribution in [0.25, 0.3) is 0 Å². The Kier molecular flexibility index (Phi) is 4.88. The van der Waals surface area contributed by atoms with Crippen molar-refractivity contribution < 1.29 is 9.47 Å². The van der Waals surface area contributed by atoms with Gasteiger partial charge in [-0.25, -0.2) is 0 Å². The van der Waals surface area contributed by atoms with E-state index in [0.29, 0.717) is 17.4 Å². The van der Waals surface area contributed by atoms with Crippen molar-refractivity contribution in [1.82, 2.24) is 4.90 Å². The molecule has 0 spiro atoms. The number of nitrogens with two attached hydrogens (primary N) is 1. The van der Waals surface area contributed by atoms with Gasteiger partial charge < -0.3 is 15.2 Å². The first-order valence-electron chi connectivity index (χ1n) is 7.48. The van der Waals surface area contributed by atoms with E-state index in [9.17, 15) is 0 Å². The zero-order valence-electron chi connectivity index (χ0n) is 12.9. The van der Waals surface area contributed by atoms with Gasteiger partial charge in [-0.15, -0.1) is 0 Å². The Morgan fingerprint density at radius 1 is 1.16 bits per heavy atom. The van der Waals surface area contributed by atoms with E-state index in [2.05, 4.69) is 18.7 Å². The summed E-state index contributed by atoms with van der Waals surface area (Å²) in [5, 5.41) is 0. The summed E-state index contributed by atoms with van der Waals surface area (Å²) < 4.78 is 11.0. The SMILES string of the molecule is COC1CN(CC2CC(C)(C)CCC2N)CC1OC. The van der Waals surface area contributed by atoms with Crippen LogP contribution >= 0.6 is 0 Å². The van der Waals surface area contributed by atoms with Gasteiger partial charge in [0.05, 0.1) is 12.2 Å². The van der Waals surface area contributed by atoms with Crippen LogP contribution in [0.4, 0.5) is 0 Å². The lowest BCUT2D eigenvalue weighted by Gasteiger charge is -2.40. The van der Waals surface area contributed by atoms with E-state index in [1.807, 2.05) is 0 Å². The Morgan fingerprint density at radius 3 is 2.26 bits per heavy atom.